The third kappa shape index (κ3) is 2.25. The van der Waals surface area contributed by atoms with Crippen molar-refractivity contribution in [2.45, 2.75) is 39.7 Å². The van der Waals surface area contributed by atoms with Gasteiger partial charge in [0.25, 0.3) is 0 Å². The van der Waals surface area contributed by atoms with E-state index >= 15 is 0 Å². The maximum atomic E-state index is 5.76. The van der Waals surface area contributed by atoms with Crippen LogP contribution in [0.25, 0.3) is 0 Å². The van der Waals surface area contributed by atoms with Crippen LogP contribution in [0.5, 0.6) is 0 Å². The molecule has 1 unspecified atom stereocenters. The summed E-state index contributed by atoms with van der Waals surface area (Å²) in [4.78, 5) is 8.67. The van der Waals surface area contributed by atoms with Crippen molar-refractivity contribution in [2.24, 2.45) is 5.73 Å². The summed E-state index contributed by atoms with van der Waals surface area (Å²) in [7, 11) is 0. The fourth-order valence-corrected chi connectivity index (χ4v) is 1.22. The van der Waals surface area contributed by atoms with Gasteiger partial charge < -0.3 is 5.73 Å². The molecule has 0 fully saturated rings. The molecule has 3 heteroatoms. The van der Waals surface area contributed by atoms with E-state index in [2.05, 4.69) is 23.8 Å². The highest BCUT2D eigenvalue weighted by Gasteiger charge is 2.08. The van der Waals surface area contributed by atoms with Crippen LogP contribution in [-0.4, -0.2) is 9.97 Å². The van der Waals surface area contributed by atoms with Crippen molar-refractivity contribution in [3.8, 4) is 0 Å². The van der Waals surface area contributed by atoms with E-state index in [1.165, 1.54) is 0 Å². The predicted molar refractivity (Wildman–Crippen MR) is 53.5 cm³/mol. The maximum absolute atomic E-state index is 5.76. The molecule has 0 spiro atoms. The molecule has 13 heavy (non-hydrogen) atoms. The highest BCUT2D eigenvalue weighted by Crippen LogP contribution is 2.15. The zero-order valence-electron chi connectivity index (χ0n) is 8.70. The second kappa shape index (κ2) is 3.83. The quantitative estimate of drug-likeness (QED) is 0.754. The summed E-state index contributed by atoms with van der Waals surface area (Å²) < 4.78 is 0. The number of nitrogens with zero attached hydrogens (tertiary/aromatic N) is 2. The zero-order chi connectivity index (χ0) is 10.0. The van der Waals surface area contributed by atoms with E-state index in [4.69, 9.17) is 5.73 Å². The first-order chi connectivity index (χ1) is 6.02. The Morgan fingerprint density at radius 2 is 1.92 bits per heavy atom. The molecule has 3 nitrogen and oxygen atoms in total. The summed E-state index contributed by atoms with van der Waals surface area (Å²) in [6.07, 6.45) is 1.84. The van der Waals surface area contributed by atoms with Crippen molar-refractivity contribution in [3.63, 3.8) is 0 Å². The Morgan fingerprint density at radius 1 is 1.31 bits per heavy atom. The van der Waals surface area contributed by atoms with Crippen LogP contribution in [0, 0.1) is 6.92 Å². The highest BCUT2D eigenvalue weighted by atomic mass is 14.9. The average Bonchev–Trinajstić information content (AvgIpc) is 2.03. The second-order valence-electron chi connectivity index (χ2n) is 3.71. The molecular weight excluding hydrogens is 162 g/mol. The molecule has 0 saturated heterocycles. The van der Waals surface area contributed by atoms with Crippen molar-refractivity contribution in [1.29, 1.82) is 0 Å². The van der Waals surface area contributed by atoms with E-state index in [1.807, 2.05) is 20.0 Å². The summed E-state index contributed by atoms with van der Waals surface area (Å²) >= 11 is 0. The van der Waals surface area contributed by atoms with E-state index in [0.29, 0.717) is 5.92 Å². The minimum atomic E-state index is 0.0150. The van der Waals surface area contributed by atoms with Crippen LogP contribution in [0.15, 0.2) is 6.20 Å². The Kier molecular flexibility index (Phi) is 2.98. The number of hydrogen-bond acceptors (Lipinski definition) is 3. The lowest BCUT2D eigenvalue weighted by Crippen LogP contribution is -2.10. The minimum absolute atomic E-state index is 0.0150. The van der Waals surface area contributed by atoms with Crippen molar-refractivity contribution in [2.75, 3.05) is 0 Å². The molecule has 0 aromatic carbocycles. The second-order valence-corrected chi connectivity index (χ2v) is 3.71. The summed E-state index contributed by atoms with van der Waals surface area (Å²) in [6.45, 7) is 8.09. The Balaban J connectivity index is 3.06. The smallest absolute Gasteiger partial charge is 0.131 e. The van der Waals surface area contributed by atoms with Crippen LogP contribution in [0.3, 0.4) is 0 Å². The number of nitrogens with two attached hydrogens (primary N) is 1. The molecule has 1 aromatic rings. The van der Waals surface area contributed by atoms with E-state index in [1.54, 1.807) is 0 Å². The SMILES string of the molecule is Cc1nc(C(C)C)ncc1C(C)N. The van der Waals surface area contributed by atoms with E-state index < -0.39 is 0 Å². The molecule has 72 valence electrons. The molecule has 1 aromatic heterocycles. The Labute approximate surface area is 79.4 Å². The van der Waals surface area contributed by atoms with Gasteiger partial charge in [0.2, 0.25) is 0 Å². The van der Waals surface area contributed by atoms with Gasteiger partial charge in [-0.2, -0.15) is 0 Å². The molecular formula is C10H17N3. The summed E-state index contributed by atoms with van der Waals surface area (Å²) in [6, 6.07) is 0.0150. The molecule has 0 bridgehead atoms. The van der Waals surface area contributed by atoms with Gasteiger partial charge in [-0.15, -0.1) is 0 Å². The third-order valence-electron chi connectivity index (χ3n) is 2.04. The first kappa shape index (κ1) is 10.1. The van der Waals surface area contributed by atoms with Crippen molar-refractivity contribution in [1.82, 2.24) is 9.97 Å². The standard InChI is InChI=1S/C10H17N3/c1-6(2)10-12-5-9(7(3)11)8(4)13-10/h5-7H,11H2,1-4H3. The monoisotopic (exact) mass is 179 g/mol. The maximum Gasteiger partial charge on any atom is 0.131 e. The number of aromatic nitrogens is 2. The Bertz CT molecular complexity index is 292. The predicted octanol–water partition coefficient (Wildman–Crippen LogP) is 1.93. The number of aryl methyl sites for hydroxylation is 1. The zero-order valence-corrected chi connectivity index (χ0v) is 8.70. The van der Waals surface area contributed by atoms with Gasteiger partial charge >= 0.3 is 0 Å². The van der Waals surface area contributed by atoms with Gasteiger partial charge in [0.05, 0.1) is 0 Å². The lowest BCUT2D eigenvalue weighted by molar-refractivity contribution is 0.731. The fourth-order valence-electron chi connectivity index (χ4n) is 1.22. The topological polar surface area (TPSA) is 51.8 Å². The van der Waals surface area contributed by atoms with Gasteiger partial charge in [-0.25, -0.2) is 9.97 Å². The first-order valence-corrected chi connectivity index (χ1v) is 4.61. The van der Waals surface area contributed by atoms with E-state index in [0.717, 1.165) is 17.1 Å². The molecule has 0 saturated carbocycles. The average molecular weight is 179 g/mol. The highest BCUT2D eigenvalue weighted by molar-refractivity contribution is 5.19. The van der Waals surface area contributed by atoms with Gasteiger partial charge in [0.15, 0.2) is 0 Å². The van der Waals surface area contributed by atoms with Gasteiger partial charge in [0.1, 0.15) is 5.82 Å². The number of hydrogen-bond donors (Lipinski definition) is 1. The van der Waals surface area contributed by atoms with Crippen LogP contribution >= 0.6 is 0 Å². The molecule has 1 heterocycles. The molecule has 0 radical (unpaired) electrons. The fraction of sp³-hybridized carbons (Fsp3) is 0.600. The van der Waals surface area contributed by atoms with Crippen molar-refractivity contribution in [3.05, 3.63) is 23.3 Å². The Morgan fingerprint density at radius 3 is 2.31 bits per heavy atom. The summed E-state index contributed by atoms with van der Waals surface area (Å²) in [5, 5.41) is 0. The molecule has 2 N–H and O–H groups in total. The molecule has 0 amide bonds. The molecule has 0 aliphatic rings. The van der Waals surface area contributed by atoms with Gasteiger partial charge in [-0.05, 0) is 13.8 Å². The Hall–Kier alpha value is -0.960. The van der Waals surface area contributed by atoms with E-state index in [9.17, 15) is 0 Å². The molecule has 1 rings (SSSR count). The van der Waals surface area contributed by atoms with Crippen LogP contribution in [0.1, 0.15) is 49.8 Å². The first-order valence-electron chi connectivity index (χ1n) is 4.61. The molecule has 0 aliphatic heterocycles. The lowest BCUT2D eigenvalue weighted by atomic mass is 10.1. The van der Waals surface area contributed by atoms with Crippen LogP contribution in [-0.2, 0) is 0 Å². The van der Waals surface area contributed by atoms with Crippen LogP contribution in [0.2, 0.25) is 0 Å². The number of rotatable bonds is 2. The van der Waals surface area contributed by atoms with Crippen molar-refractivity contribution < 1.29 is 0 Å². The van der Waals surface area contributed by atoms with Gasteiger partial charge in [0, 0.05) is 29.4 Å². The van der Waals surface area contributed by atoms with Crippen LogP contribution in [0.4, 0.5) is 0 Å². The van der Waals surface area contributed by atoms with Gasteiger partial charge in [-0.1, -0.05) is 13.8 Å². The normalized spacial score (nSPS) is 13.4. The molecule has 1 atom stereocenters. The molecule has 0 aliphatic carbocycles. The van der Waals surface area contributed by atoms with E-state index in [-0.39, 0.29) is 6.04 Å². The third-order valence-corrected chi connectivity index (χ3v) is 2.04. The van der Waals surface area contributed by atoms with Gasteiger partial charge in [-0.3, -0.25) is 0 Å². The largest absolute Gasteiger partial charge is 0.324 e. The lowest BCUT2D eigenvalue weighted by Gasteiger charge is -2.10. The minimum Gasteiger partial charge on any atom is -0.324 e. The summed E-state index contributed by atoms with van der Waals surface area (Å²) in [5.74, 6) is 1.27. The summed E-state index contributed by atoms with van der Waals surface area (Å²) in [5.41, 5.74) is 7.79. The van der Waals surface area contributed by atoms with Crippen molar-refractivity contribution >= 4 is 0 Å². The van der Waals surface area contributed by atoms with Crippen LogP contribution < -0.4 is 5.73 Å².